The largest absolute Gasteiger partial charge is 0.456 e. The quantitative estimate of drug-likeness (QED) is 0.168. The van der Waals surface area contributed by atoms with Crippen LogP contribution in [0.15, 0.2) is 23.8 Å². The summed E-state index contributed by atoms with van der Waals surface area (Å²) in [5.74, 6) is -0.183. The number of rotatable bonds is 6. The van der Waals surface area contributed by atoms with Crippen LogP contribution in [0.25, 0.3) is 0 Å². The molecule has 3 aliphatic rings. The lowest BCUT2D eigenvalue weighted by Crippen LogP contribution is -2.48. The van der Waals surface area contributed by atoms with Crippen LogP contribution in [0.1, 0.15) is 39.0 Å². The molecule has 26 heavy (non-hydrogen) atoms. The fraction of sp³-hybridized carbons (Fsp3) is 0.762. The van der Waals surface area contributed by atoms with E-state index in [1.165, 1.54) is 5.57 Å². The lowest BCUT2D eigenvalue weighted by molar-refractivity contribution is -0.183. The average Bonchev–Trinajstić information content (AvgIpc) is 2.81. The van der Waals surface area contributed by atoms with Crippen LogP contribution >= 0.6 is 0 Å². The number of carbonyl (C=O) groups excluding carboxylic acids is 1. The molecule has 0 spiro atoms. The van der Waals surface area contributed by atoms with Gasteiger partial charge in [0.05, 0.1) is 0 Å². The molecule has 1 heterocycles. The molecule has 5 heteroatoms. The van der Waals surface area contributed by atoms with Gasteiger partial charge < -0.3 is 14.2 Å². The summed E-state index contributed by atoms with van der Waals surface area (Å²) in [6.07, 6.45) is 7.15. The number of allylic oxidation sites excluding steroid dienone is 2. The Hall–Kier alpha value is -0.913. The molecular formula is C21H34O4Si. The predicted octanol–water partition coefficient (Wildman–Crippen LogP) is 4.69. The van der Waals surface area contributed by atoms with Crippen molar-refractivity contribution in [2.45, 2.75) is 76.9 Å². The zero-order chi connectivity index (χ0) is 18.9. The average molecular weight is 379 g/mol. The van der Waals surface area contributed by atoms with Crippen LogP contribution in [-0.2, 0) is 19.0 Å². The Bertz CT molecular complexity index is 591. The van der Waals surface area contributed by atoms with Crippen molar-refractivity contribution in [1.82, 2.24) is 0 Å². The van der Waals surface area contributed by atoms with Crippen molar-refractivity contribution in [3.63, 3.8) is 0 Å². The third-order valence-corrected chi connectivity index (χ3v) is 7.92. The van der Waals surface area contributed by atoms with Crippen molar-refractivity contribution in [3.8, 4) is 0 Å². The predicted molar refractivity (Wildman–Crippen MR) is 106 cm³/mol. The van der Waals surface area contributed by atoms with E-state index < -0.39 is 8.07 Å². The highest BCUT2D eigenvalue weighted by atomic mass is 28.3. The maximum atomic E-state index is 12.2. The molecule has 4 nitrogen and oxygen atoms in total. The Labute approximate surface area is 159 Å². The highest BCUT2D eigenvalue weighted by Gasteiger charge is 2.52. The van der Waals surface area contributed by atoms with Crippen molar-refractivity contribution in [2.75, 3.05) is 13.4 Å². The van der Waals surface area contributed by atoms with Crippen LogP contribution in [0.2, 0.25) is 25.7 Å². The first-order chi connectivity index (χ1) is 12.2. The van der Waals surface area contributed by atoms with Crippen molar-refractivity contribution >= 4 is 14.0 Å². The molecule has 1 aliphatic heterocycles. The first-order valence-corrected chi connectivity index (χ1v) is 13.7. The zero-order valence-electron chi connectivity index (χ0n) is 16.8. The molecule has 0 unspecified atom stereocenters. The van der Waals surface area contributed by atoms with E-state index in [0.717, 1.165) is 44.8 Å². The molecule has 0 radical (unpaired) electrons. The molecule has 2 bridgehead atoms. The normalized spacial score (nSPS) is 34.6. The second-order valence-electron chi connectivity index (χ2n) is 9.70. The van der Waals surface area contributed by atoms with Gasteiger partial charge in [-0.3, -0.25) is 0 Å². The Morgan fingerprint density at radius 3 is 2.88 bits per heavy atom. The number of hydrogen-bond acceptors (Lipinski definition) is 4. The summed E-state index contributed by atoms with van der Waals surface area (Å²) in [7, 11) is -1.11. The standard InChI is InChI=1S/C21H34O4Si/c1-15-17-9-8-16-7-6-10-21(2,13-16)19(18(17)25-20(15)22)24-14-23-11-12-26(3,4)5/h7,17-19H,1,6,8-14H2,2-5H3/t17-,18-,19-,21+/m1/s1. The van der Waals surface area contributed by atoms with Gasteiger partial charge in [0, 0.05) is 31.6 Å². The Morgan fingerprint density at radius 1 is 1.38 bits per heavy atom. The first-order valence-electron chi connectivity index (χ1n) is 9.97. The Morgan fingerprint density at radius 2 is 2.15 bits per heavy atom. The molecule has 0 aromatic carbocycles. The van der Waals surface area contributed by atoms with Crippen LogP contribution < -0.4 is 0 Å². The van der Waals surface area contributed by atoms with E-state index in [0.29, 0.717) is 5.57 Å². The van der Waals surface area contributed by atoms with E-state index in [-0.39, 0.29) is 36.3 Å². The van der Waals surface area contributed by atoms with E-state index in [1.807, 2.05) is 0 Å². The highest BCUT2D eigenvalue weighted by molar-refractivity contribution is 6.76. The van der Waals surface area contributed by atoms with E-state index in [2.05, 4.69) is 39.2 Å². The second-order valence-corrected chi connectivity index (χ2v) is 15.3. The fourth-order valence-electron chi connectivity index (χ4n) is 4.55. The lowest BCUT2D eigenvalue weighted by Gasteiger charge is -2.45. The minimum Gasteiger partial charge on any atom is -0.456 e. The van der Waals surface area contributed by atoms with Gasteiger partial charge in [-0.15, -0.1) is 0 Å². The molecule has 3 rings (SSSR count). The minimum atomic E-state index is -1.11. The zero-order valence-corrected chi connectivity index (χ0v) is 17.8. The summed E-state index contributed by atoms with van der Waals surface area (Å²) >= 11 is 0. The van der Waals surface area contributed by atoms with Gasteiger partial charge in [-0.1, -0.05) is 44.8 Å². The summed E-state index contributed by atoms with van der Waals surface area (Å²) in [5, 5.41) is 0. The smallest absolute Gasteiger partial charge is 0.334 e. The van der Waals surface area contributed by atoms with Gasteiger partial charge in [0.15, 0.2) is 0 Å². The van der Waals surface area contributed by atoms with Crippen LogP contribution in [-0.4, -0.2) is 39.7 Å². The van der Waals surface area contributed by atoms with Crippen LogP contribution in [0, 0.1) is 11.3 Å². The molecule has 0 aromatic rings. The molecule has 0 amide bonds. The fourth-order valence-corrected chi connectivity index (χ4v) is 5.31. The van der Waals surface area contributed by atoms with Gasteiger partial charge in [0.25, 0.3) is 0 Å². The molecule has 4 atom stereocenters. The molecule has 2 fully saturated rings. The summed E-state index contributed by atoms with van der Waals surface area (Å²) in [5.41, 5.74) is 2.10. The van der Waals surface area contributed by atoms with Crippen molar-refractivity contribution in [1.29, 1.82) is 0 Å². The van der Waals surface area contributed by atoms with Crippen molar-refractivity contribution in [3.05, 3.63) is 23.8 Å². The summed E-state index contributed by atoms with van der Waals surface area (Å²) in [6, 6.07) is 1.13. The number of esters is 1. The molecule has 0 N–H and O–H groups in total. The SMILES string of the molecule is C=C1C(=O)O[C@@H]2[C@@H]1CCC1=CCC[C@@](C)(C1)[C@@H]2OCOCC[Si](C)(C)C. The summed E-state index contributed by atoms with van der Waals surface area (Å²) in [6.45, 7) is 14.3. The molecular weight excluding hydrogens is 344 g/mol. The molecule has 1 saturated heterocycles. The second kappa shape index (κ2) is 7.61. The summed E-state index contributed by atoms with van der Waals surface area (Å²) in [4.78, 5) is 12.2. The Kier molecular flexibility index (Phi) is 5.80. The minimum absolute atomic E-state index is 0.0134. The topological polar surface area (TPSA) is 44.8 Å². The summed E-state index contributed by atoms with van der Waals surface area (Å²) < 4.78 is 17.8. The number of ether oxygens (including phenoxy) is 3. The van der Waals surface area contributed by atoms with Gasteiger partial charge in [0.1, 0.15) is 19.0 Å². The van der Waals surface area contributed by atoms with E-state index >= 15 is 0 Å². The van der Waals surface area contributed by atoms with Crippen molar-refractivity contribution < 1.29 is 19.0 Å². The van der Waals surface area contributed by atoms with Crippen LogP contribution in [0.4, 0.5) is 0 Å². The van der Waals surface area contributed by atoms with Crippen LogP contribution in [0.5, 0.6) is 0 Å². The first kappa shape index (κ1) is 19.8. The molecule has 0 aromatic heterocycles. The molecule has 2 aliphatic carbocycles. The van der Waals surface area contributed by atoms with Gasteiger partial charge in [-0.2, -0.15) is 0 Å². The van der Waals surface area contributed by atoms with E-state index in [1.54, 1.807) is 0 Å². The van der Waals surface area contributed by atoms with Gasteiger partial charge in [0.2, 0.25) is 0 Å². The van der Waals surface area contributed by atoms with Gasteiger partial charge in [-0.05, 0) is 38.1 Å². The monoisotopic (exact) mass is 378 g/mol. The maximum Gasteiger partial charge on any atom is 0.334 e. The molecule has 146 valence electrons. The highest BCUT2D eigenvalue weighted by Crippen LogP contribution is 2.49. The third-order valence-electron chi connectivity index (χ3n) is 6.22. The van der Waals surface area contributed by atoms with Gasteiger partial charge in [-0.25, -0.2) is 4.79 Å². The number of hydrogen-bond donors (Lipinski definition) is 0. The van der Waals surface area contributed by atoms with E-state index in [4.69, 9.17) is 14.2 Å². The van der Waals surface area contributed by atoms with E-state index in [9.17, 15) is 4.79 Å². The number of fused-ring (bicyclic) bond motifs is 3. The maximum absolute atomic E-state index is 12.2. The van der Waals surface area contributed by atoms with Crippen LogP contribution in [0.3, 0.4) is 0 Å². The number of carbonyl (C=O) groups is 1. The lowest BCUT2D eigenvalue weighted by atomic mass is 9.65. The van der Waals surface area contributed by atoms with Gasteiger partial charge >= 0.3 is 5.97 Å². The Balaban J connectivity index is 1.71. The third kappa shape index (κ3) is 4.32. The van der Waals surface area contributed by atoms with Crippen molar-refractivity contribution in [2.24, 2.45) is 11.3 Å². The molecule has 1 saturated carbocycles.